The molecule has 0 bridgehead atoms. The van der Waals surface area contributed by atoms with E-state index in [0.717, 1.165) is 34.4 Å². The molecule has 11 nitrogen and oxygen atoms in total. The summed E-state index contributed by atoms with van der Waals surface area (Å²) in [6.07, 6.45) is -0.708. The normalized spacial score (nSPS) is 12.5. The van der Waals surface area contributed by atoms with Crippen LogP contribution in [0.3, 0.4) is 0 Å². The zero-order valence-electron chi connectivity index (χ0n) is 27.4. The molecule has 0 aliphatic carbocycles. The molecule has 4 aromatic carbocycles. The van der Waals surface area contributed by atoms with Crippen molar-refractivity contribution in [3.63, 3.8) is 0 Å². The molecule has 11 heteroatoms. The summed E-state index contributed by atoms with van der Waals surface area (Å²) in [4.78, 5) is 22.2. The maximum atomic E-state index is 11.1. The molecule has 2 atom stereocenters. The van der Waals surface area contributed by atoms with E-state index in [4.69, 9.17) is 28.4 Å². The van der Waals surface area contributed by atoms with Crippen molar-refractivity contribution in [2.24, 2.45) is 0 Å². The van der Waals surface area contributed by atoms with Crippen LogP contribution < -0.4 is 18.9 Å². The van der Waals surface area contributed by atoms with Crippen LogP contribution >= 0.6 is 0 Å². The van der Waals surface area contributed by atoms with Crippen LogP contribution in [0.4, 0.5) is 0 Å². The van der Waals surface area contributed by atoms with E-state index in [-0.39, 0.29) is 39.6 Å². The van der Waals surface area contributed by atoms with Crippen molar-refractivity contribution in [3.05, 3.63) is 122 Å². The molecule has 4 rings (SSSR count). The number of ether oxygens (including phenoxy) is 6. The van der Waals surface area contributed by atoms with Crippen molar-refractivity contribution in [2.45, 2.75) is 18.3 Å². The summed E-state index contributed by atoms with van der Waals surface area (Å²) in [5.41, 5.74) is 3.82. The SMILES string of the molecule is C=CC(=O)OCC(O)COc1ccc(-c2ccc(OCC(O)COc3ccc(-c4ccc(OCC(O)COC(=O)C=C)cc4)cc3)cc2)cc1. The number of benzene rings is 4. The second-order valence-electron chi connectivity index (χ2n) is 11.0. The summed E-state index contributed by atoms with van der Waals surface area (Å²) in [7, 11) is 0. The van der Waals surface area contributed by atoms with Crippen molar-refractivity contribution in [1.82, 2.24) is 0 Å². The van der Waals surface area contributed by atoms with Crippen LogP contribution in [0.15, 0.2) is 122 Å². The predicted octanol–water partition coefficient (Wildman–Crippen LogP) is 4.78. The standard InChI is InChI=1S/C39H40O11/c1-3-38(43)49-25-32(41)23-47-36-17-9-29(10-18-36)27-5-13-34(14-6-27)45-21-31(40)22-46-35-15-7-28(8-16-35)30-11-19-37(20-12-30)48-24-33(42)26-50-39(44)4-2/h3-20,31-33,40-42H,1-2,21-26H2. The van der Waals surface area contributed by atoms with Gasteiger partial charge >= 0.3 is 11.9 Å². The van der Waals surface area contributed by atoms with Gasteiger partial charge in [0.1, 0.15) is 81.0 Å². The van der Waals surface area contributed by atoms with Crippen LogP contribution in [-0.2, 0) is 19.1 Å². The minimum atomic E-state index is -0.958. The second kappa shape index (κ2) is 19.4. The highest BCUT2D eigenvalue weighted by molar-refractivity contribution is 5.81. The molecular formula is C39H40O11. The van der Waals surface area contributed by atoms with E-state index >= 15 is 0 Å². The number of aliphatic hydroxyl groups excluding tert-OH is 3. The predicted molar refractivity (Wildman–Crippen MR) is 186 cm³/mol. The first-order chi connectivity index (χ1) is 24.2. The molecular weight excluding hydrogens is 644 g/mol. The molecule has 0 spiro atoms. The van der Waals surface area contributed by atoms with Gasteiger partial charge in [-0.25, -0.2) is 9.59 Å². The molecule has 0 heterocycles. The highest BCUT2D eigenvalue weighted by Crippen LogP contribution is 2.26. The Morgan fingerprint density at radius 3 is 0.880 bits per heavy atom. The molecule has 0 saturated carbocycles. The van der Waals surface area contributed by atoms with E-state index in [1.54, 1.807) is 24.3 Å². The third-order valence-corrected chi connectivity index (χ3v) is 7.02. The first-order valence-electron chi connectivity index (χ1n) is 15.8. The Labute approximate surface area is 290 Å². The molecule has 0 saturated heterocycles. The van der Waals surface area contributed by atoms with Gasteiger partial charge in [0.2, 0.25) is 0 Å². The van der Waals surface area contributed by atoms with E-state index in [9.17, 15) is 24.9 Å². The lowest BCUT2D eigenvalue weighted by Crippen LogP contribution is -2.25. The molecule has 50 heavy (non-hydrogen) atoms. The fourth-order valence-electron chi connectivity index (χ4n) is 4.36. The van der Waals surface area contributed by atoms with Crippen molar-refractivity contribution < 1.29 is 53.3 Å². The van der Waals surface area contributed by atoms with Gasteiger partial charge in [-0.05, 0) is 70.8 Å². The van der Waals surface area contributed by atoms with E-state index in [1.807, 2.05) is 72.8 Å². The number of rotatable bonds is 20. The Kier molecular flexibility index (Phi) is 14.4. The minimum Gasteiger partial charge on any atom is -0.491 e. The van der Waals surface area contributed by atoms with Gasteiger partial charge in [-0.2, -0.15) is 0 Å². The van der Waals surface area contributed by atoms with Crippen molar-refractivity contribution in [3.8, 4) is 45.3 Å². The van der Waals surface area contributed by atoms with Gasteiger partial charge in [0.05, 0.1) is 0 Å². The van der Waals surface area contributed by atoms with Crippen LogP contribution in [0.1, 0.15) is 0 Å². The Morgan fingerprint density at radius 2 is 0.660 bits per heavy atom. The van der Waals surface area contributed by atoms with E-state index in [1.165, 1.54) is 0 Å². The minimum absolute atomic E-state index is 0.0265. The average Bonchev–Trinajstić information content (AvgIpc) is 3.16. The monoisotopic (exact) mass is 684 g/mol. The lowest BCUT2D eigenvalue weighted by Gasteiger charge is -2.14. The Balaban J connectivity index is 1.15. The van der Waals surface area contributed by atoms with Crippen LogP contribution in [-0.4, -0.2) is 85.2 Å². The number of carbonyl (C=O) groups is 2. The number of hydrogen-bond donors (Lipinski definition) is 3. The fraction of sp³-hybridized carbons (Fsp3) is 0.231. The molecule has 262 valence electrons. The molecule has 0 radical (unpaired) electrons. The quantitative estimate of drug-likeness (QED) is 0.0872. The molecule has 0 aliphatic rings. The van der Waals surface area contributed by atoms with Gasteiger partial charge in [-0.3, -0.25) is 0 Å². The third-order valence-electron chi connectivity index (χ3n) is 7.02. The van der Waals surface area contributed by atoms with Crippen molar-refractivity contribution in [1.29, 1.82) is 0 Å². The summed E-state index contributed by atoms with van der Waals surface area (Å²) in [5.74, 6) is 1.12. The Bertz CT molecular complexity index is 1530. The highest BCUT2D eigenvalue weighted by Gasteiger charge is 2.11. The molecule has 4 aromatic rings. The molecule has 0 aromatic heterocycles. The van der Waals surface area contributed by atoms with Gasteiger partial charge in [-0.1, -0.05) is 61.7 Å². The summed E-state index contributed by atoms with van der Waals surface area (Å²) < 4.78 is 32.2. The van der Waals surface area contributed by atoms with Crippen LogP contribution in [0.2, 0.25) is 0 Å². The molecule has 0 amide bonds. The first-order valence-corrected chi connectivity index (χ1v) is 15.8. The van der Waals surface area contributed by atoms with Gasteiger partial charge < -0.3 is 43.7 Å². The summed E-state index contributed by atoms with van der Waals surface area (Å²) in [6.45, 7) is 6.29. The van der Waals surface area contributed by atoms with Crippen LogP contribution in [0, 0.1) is 0 Å². The largest absolute Gasteiger partial charge is 0.491 e. The van der Waals surface area contributed by atoms with E-state index < -0.39 is 30.3 Å². The number of carbonyl (C=O) groups excluding carboxylic acids is 2. The van der Waals surface area contributed by atoms with Crippen molar-refractivity contribution >= 4 is 11.9 Å². The van der Waals surface area contributed by atoms with E-state index in [2.05, 4.69) is 13.2 Å². The summed E-state index contributed by atoms with van der Waals surface area (Å²) in [6, 6.07) is 29.6. The van der Waals surface area contributed by atoms with Gasteiger partial charge in [0.25, 0.3) is 0 Å². The lowest BCUT2D eigenvalue weighted by molar-refractivity contribution is -0.142. The summed E-state index contributed by atoms with van der Waals surface area (Å²) >= 11 is 0. The summed E-state index contributed by atoms with van der Waals surface area (Å²) in [5, 5.41) is 30.2. The number of hydrogen-bond acceptors (Lipinski definition) is 11. The Hall–Kier alpha value is -5.62. The topological polar surface area (TPSA) is 150 Å². The van der Waals surface area contributed by atoms with Crippen LogP contribution in [0.5, 0.6) is 23.0 Å². The number of esters is 2. The smallest absolute Gasteiger partial charge is 0.330 e. The maximum absolute atomic E-state index is 11.1. The van der Waals surface area contributed by atoms with Gasteiger partial charge in [-0.15, -0.1) is 0 Å². The van der Waals surface area contributed by atoms with Gasteiger partial charge in [0.15, 0.2) is 0 Å². The van der Waals surface area contributed by atoms with Gasteiger partial charge in [0, 0.05) is 12.2 Å². The van der Waals surface area contributed by atoms with Crippen molar-refractivity contribution in [2.75, 3.05) is 39.6 Å². The highest BCUT2D eigenvalue weighted by atomic mass is 16.6. The lowest BCUT2D eigenvalue weighted by atomic mass is 10.1. The van der Waals surface area contributed by atoms with Crippen LogP contribution in [0.25, 0.3) is 22.3 Å². The first kappa shape index (κ1) is 37.2. The molecule has 3 N–H and O–H groups in total. The fourth-order valence-corrected chi connectivity index (χ4v) is 4.36. The average molecular weight is 685 g/mol. The van der Waals surface area contributed by atoms with E-state index in [0.29, 0.717) is 23.0 Å². The molecule has 0 aliphatic heterocycles. The Morgan fingerprint density at radius 1 is 0.440 bits per heavy atom. The zero-order chi connectivity index (χ0) is 35.7. The molecule has 2 unspecified atom stereocenters. The second-order valence-corrected chi connectivity index (χ2v) is 11.0. The third kappa shape index (κ3) is 12.4. The number of aliphatic hydroxyl groups is 3. The maximum Gasteiger partial charge on any atom is 0.330 e. The molecule has 0 fully saturated rings. The zero-order valence-corrected chi connectivity index (χ0v) is 27.4.